The number of ether oxygens (including phenoxy) is 1. The fraction of sp³-hybridized carbons (Fsp3) is 0.200. The van der Waals surface area contributed by atoms with E-state index in [9.17, 15) is 0 Å². The Balaban J connectivity index is 2.16. The molecule has 0 aliphatic carbocycles. The number of nitrogens with one attached hydrogen (secondary N) is 1. The maximum Gasteiger partial charge on any atom is 0.141 e. The van der Waals surface area contributed by atoms with Crippen LogP contribution in [0.2, 0.25) is 0 Å². The summed E-state index contributed by atoms with van der Waals surface area (Å²) in [5, 5.41) is 3.12. The molecule has 2 nitrogen and oxygen atoms in total. The molecule has 0 fully saturated rings. The Morgan fingerprint density at radius 3 is 2.44 bits per heavy atom. The maximum atomic E-state index is 5.83. The Kier molecular flexibility index (Phi) is 4.39. The van der Waals surface area contributed by atoms with Gasteiger partial charge < -0.3 is 10.1 Å². The van der Waals surface area contributed by atoms with Gasteiger partial charge in [-0.25, -0.2) is 0 Å². The van der Waals surface area contributed by atoms with Crippen LogP contribution in [-0.2, 0) is 6.54 Å². The van der Waals surface area contributed by atoms with Gasteiger partial charge in [-0.3, -0.25) is 0 Å². The zero-order chi connectivity index (χ0) is 13.0. The van der Waals surface area contributed by atoms with Crippen LogP contribution in [0.1, 0.15) is 11.1 Å². The van der Waals surface area contributed by atoms with E-state index in [4.69, 9.17) is 4.74 Å². The molecule has 0 saturated heterocycles. The van der Waals surface area contributed by atoms with Crippen molar-refractivity contribution < 1.29 is 4.74 Å². The van der Waals surface area contributed by atoms with Crippen molar-refractivity contribution in [3.63, 3.8) is 0 Å². The third-order valence-electron chi connectivity index (χ3n) is 2.63. The molecule has 94 valence electrons. The van der Waals surface area contributed by atoms with Crippen molar-refractivity contribution in [2.24, 2.45) is 0 Å². The topological polar surface area (TPSA) is 21.3 Å². The third-order valence-corrected chi connectivity index (χ3v) is 3.25. The summed E-state index contributed by atoms with van der Waals surface area (Å²) in [6.07, 6.45) is 0. The van der Waals surface area contributed by atoms with Gasteiger partial charge in [-0.15, -0.1) is 0 Å². The lowest BCUT2D eigenvalue weighted by atomic mass is 10.2. The average Bonchev–Trinajstić information content (AvgIpc) is 2.36. The van der Waals surface area contributed by atoms with Crippen LogP contribution in [0.4, 0.5) is 0 Å². The zero-order valence-corrected chi connectivity index (χ0v) is 12.1. The van der Waals surface area contributed by atoms with Gasteiger partial charge in [-0.05, 0) is 59.7 Å². The molecule has 0 aromatic heterocycles. The molecule has 0 heterocycles. The largest absolute Gasteiger partial charge is 0.456 e. The van der Waals surface area contributed by atoms with Gasteiger partial charge in [0.05, 0.1) is 4.47 Å². The fourth-order valence-electron chi connectivity index (χ4n) is 1.67. The molecule has 2 rings (SSSR count). The summed E-state index contributed by atoms with van der Waals surface area (Å²) in [4.78, 5) is 0. The monoisotopic (exact) mass is 305 g/mol. The minimum absolute atomic E-state index is 0.832. The molecule has 1 N–H and O–H groups in total. The summed E-state index contributed by atoms with van der Waals surface area (Å²) in [5.41, 5.74) is 2.45. The molecular formula is C15H16BrNO. The molecule has 2 aromatic carbocycles. The van der Waals surface area contributed by atoms with Crippen LogP contribution in [0.3, 0.4) is 0 Å². The Morgan fingerprint density at radius 1 is 1.11 bits per heavy atom. The highest BCUT2D eigenvalue weighted by Crippen LogP contribution is 2.30. The first-order valence-electron chi connectivity index (χ1n) is 5.86. The molecule has 0 aliphatic rings. The standard InChI is InChI=1S/C15H16BrNO/c1-11-3-6-13(7-4-11)18-15-8-5-12(10-17-2)9-14(15)16/h3-9,17H,10H2,1-2H3. The lowest BCUT2D eigenvalue weighted by Gasteiger charge is -2.09. The number of aryl methyl sites for hydroxylation is 1. The van der Waals surface area contributed by atoms with Gasteiger partial charge in [0.1, 0.15) is 11.5 Å². The first kappa shape index (κ1) is 13.1. The highest BCUT2D eigenvalue weighted by molar-refractivity contribution is 9.10. The van der Waals surface area contributed by atoms with Gasteiger partial charge in [0.25, 0.3) is 0 Å². The number of hydrogen-bond donors (Lipinski definition) is 1. The number of rotatable bonds is 4. The van der Waals surface area contributed by atoms with Crippen molar-refractivity contribution in [3.05, 3.63) is 58.1 Å². The minimum atomic E-state index is 0.832. The Labute approximate surface area is 116 Å². The maximum absolute atomic E-state index is 5.83. The molecule has 0 atom stereocenters. The predicted octanol–water partition coefficient (Wildman–Crippen LogP) is 4.27. The summed E-state index contributed by atoms with van der Waals surface area (Å²) in [5.74, 6) is 1.68. The van der Waals surface area contributed by atoms with Crippen molar-refractivity contribution in [2.45, 2.75) is 13.5 Å². The van der Waals surface area contributed by atoms with Gasteiger partial charge in [0, 0.05) is 6.54 Å². The molecule has 0 spiro atoms. The minimum Gasteiger partial charge on any atom is -0.456 e. The molecule has 0 aliphatic heterocycles. The van der Waals surface area contributed by atoms with E-state index >= 15 is 0 Å². The molecule has 0 bridgehead atoms. The second-order valence-corrected chi connectivity index (χ2v) is 5.06. The molecule has 0 unspecified atom stereocenters. The number of halogens is 1. The normalized spacial score (nSPS) is 10.4. The van der Waals surface area contributed by atoms with Crippen LogP contribution in [0.5, 0.6) is 11.5 Å². The van der Waals surface area contributed by atoms with E-state index in [0.717, 1.165) is 22.5 Å². The summed E-state index contributed by atoms with van der Waals surface area (Å²) in [7, 11) is 1.94. The van der Waals surface area contributed by atoms with Crippen LogP contribution in [0, 0.1) is 6.92 Å². The van der Waals surface area contributed by atoms with E-state index in [1.165, 1.54) is 11.1 Å². The molecule has 18 heavy (non-hydrogen) atoms. The molecule has 0 amide bonds. The predicted molar refractivity (Wildman–Crippen MR) is 78.2 cm³/mol. The molecular weight excluding hydrogens is 290 g/mol. The van der Waals surface area contributed by atoms with E-state index in [-0.39, 0.29) is 0 Å². The average molecular weight is 306 g/mol. The Hall–Kier alpha value is -1.32. The summed E-state index contributed by atoms with van der Waals surface area (Å²) >= 11 is 3.54. The Bertz CT molecular complexity index is 523. The van der Waals surface area contributed by atoms with E-state index < -0.39 is 0 Å². The zero-order valence-electron chi connectivity index (χ0n) is 10.5. The van der Waals surface area contributed by atoms with E-state index in [1.807, 2.05) is 37.4 Å². The van der Waals surface area contributed by atoms with Gasteiger partial charge in [0.2, 0.25) is 0 Å². The van der Waals surface area contributed by atoms with Crippen LogP contribution in [0.25, 0.3) is 0 Å². The lowest BCUT2D eigenvalue weighted by molar-refractivity contribution is 0.479. The van der Waals surface area contributed by atoms with Crippen molar-refractivity contribution in [1.29, 1.82) is 0 Å². The van der Waals surface area contributed by atoms with E-state index in [2.05, 4.69) is 40.3 Å². The highest BCUT2D eigenvalue weighted by Gasteiger charge is 2.03. The highest BCUT2D eigenvalue weighted by atomic mass is 79.9. The first-order valence-corrected chi connectivity index (χ1v) is 6.66. The van der Waals surface area contributed by atoms with Crippen molar-refractivity contribution >= 4 is 15.9 Å². The van der Waals surface area contributed by atoms with Crippen LogP contribution in [0.15, 0.2) is 46.9 Å². The van der Waals surface area contributed by atoms with E-state index in [1.54, 1.807) is 0 Å². The molecule has 3 heteroatoms. The SMILES string of the molecule is CNCc1ccc(Oc2ccc(C)cc2)c(Br)c1. The van der Waals surface area contributed by atoms with Crippen molar-refractivity contribution in [1.82, 2.24) is 5.32 Å². The van der Waals surface area contributed by atoms with Crippen LogP contribution >= 0.6 is 15.9 Å². The van der Waals surface area contributed by atoms with Crippen molar-refractivity contribution in [3.8, 4) is 11.5 Å². The number of benzene rings is 2. The smallest absolute Gasteiger partial charge is 0.141 e. The molecule has 0 saturated carbocycles. The molecule has 0 radical (unpaired) electrons. The third kappa shape index (κ3) is 3.34. The molecule has 2 aromatic rings. The van der Waals surface area contributed by atoms with Crippen LogP contribution < -0.4 is 10.1 Å². The Morgan fingerprint density at radius 2 is 1.83 bits per heavy atom. The van der Waals surface area contributed by atoms with Crippen LogP contribution in [-0.4, -0.2) is 7.05 Å². The van der Waals surface area contributed by atoms with Crippen molar-refractivity contribution in [2.75, 3.05) is 7.05 Å². The second kappa shape index (κ2) is 6.03. The fourth-order valence-corrected chi connectivity index (χ4v) is 2.18. The quantitative estimate of drug-likeness (QED) is 0.911. The number of hydrogen-bond acceptors (Lipinski definition) is 2. The summed E-state index contributed by atoms with van der Waals surface area (Å²) < 4.78 is 6.80. The van der Waals surface area contributed by atoms with Gasteiger partial charge in [-0.1, -0.05) is 23.8 Å². The van der Waals surface area contributed by atoms with Gasteiger partial charge in [0.15, 0.2) is 0 Å². The van der Waals surface area contributed by atoms with E-state index in [0.29, 0.717) is 0 Å². The van der Waals surface area contributed by atoms with Gasteiger partial charge >= 0.3 is 0 Å². The first-order chi connectivity index (χ1) is 8.69. The lowest BCUT2D eigenvalue weighted by Crippen LogP contribution is -2.04. The summed E-state index contributed by atoms with van der Waals surface area (Å²) in [6.45, 7) is 2.91. The van der Waals surface area contributed by atoms with Gasteiger partial charge in [-0.2, -0.15) is 0 Å². The summed E-state index contributed by atoms with van der Waals surface area (Å²) in [6, 6.07) is 14.1. The second-order valence-electron chi connectivity index (χ2n) is 4.21.